The van der Waals surface area contributed by atoms with Crippen molar-refractivity contribution >= 4 is 17.3 Å². The van der Waals surface area contributed by atoms with E-state index in [9.17, 15) is 4.79 Å². The highest BCUT2D eigenvalue weighted by Crippen LogP contribution is 2.41. The molecule has 1 aliphatic carbocycles. The quantitative estimate of drug-likeness (QED) is 0.890. The zero-order valence-corrected chi connectivity index (χ0v) is 12.6. The van der Waals surface area contributed by atoms with Crippen LogP contribution in [0.5, 0.6) is 0 Å². The van der Waals surface area contributed by atoms with Crippen LogP contribution < -0.4 is 5.32 Å². The Bertz CT molecular complexity index is 842. The summed E-state index contributed by atoms with van der Waals surface area (Å²) < 4.78 is 0. The van der Waals surface area contributed by atoms with Crippen molar-refractivity contribution in [2.24, 2.45) is 0 Å². The van der Waals surface area contributed by atoms with Crippen LogP contribution in [-0.4, -0.2) is 16.1 Å². The molecule has 1 atom stereocenters. The van der Waals surface area contributed by atoms with Crippen molar-refractivity contribution in [3.05, 3.63) is 64.4 Å². The summed E-state index contributed by atoms with van der Waals surface area (Å²) in [6.45, 7) is 4.21. The van der Waals surface area contributed by atoms with Gasteiger partial charge >= 0.3 is 0 Å². The van der Waals surface area contributed by atoms with Crippen LogP contribution in [0.1, 0.15) is 40.3 Å². The number of aromatic amines is 1. The molecule has 2 aromatic rings. The van der Waals surface area contributed by atoms with Crippen LogP contribution in [-0.2, 0) is 4.79 Å². The Balaban J connectivity index is 1.85. The molecular weight excluding hydrogens is 274 g/mol. The van der Waals surface area contributed by atoms with Crippen molar-refractivity contribution in [3.63, 3.8) is 0 Å². The lowest BCUT2D eigenvalue weighted by Crippen LogP contribution is -2.23. The number of aryl methyl sites for hydroxylation is 2. The van der Waals surface area contributed by atoms with E-state index < -0.39 is 0 Å². The molecule has 4 heteroatoms. The molecule has 1 unspecified atom stereocenters. The molecule has 0 fully saturated rings. The third-order valence-corrected chi connectivity index (χ3v) is 4.57. The lowest BCUT2D eigenvalue weighted by atomic mass is 9.82. The number of fused-ring (bicyclic) bond motifs is 1. The van der Waals surface area contributed by atoms with E-state index in [1.165, 1.54) is 16.7 Å². The molecule has 2 N–H and O–H groups in total. The number of hydrogen-bond acceptors (Lipinski definition) is 2. The van der Waals surface area contributed by atoms with Crippen molar-refractivity contribution in [2.75, 3.05) is 5.32 Å². The number of amides is 1. The van der Waals surface area contributed by atoms with Gasteiger partial charge in [0.2, 0.25) is 5.91 Å². The Morgan fingerprint density at radius 1 is 1.23 bits per heavy atom. The predicted molar refractivity (Wildman–Crippen MR) is 86.7 cm³/mol. The highest BCUT2D eigenvalue weighted by atomic mass is 16.1. The topological polar surface area (TPSA) is 57.8 Å². The monoisotopic (exact) mass is 291 g/mol. The second-order valence-corrected chi connectivity index (χ2v) is 5.99. The molecule has 0 saturated carbocycles. The van der Waals surface area contributed by atoms with Gasteiger partial charge in [0, 0.05) is 17.9 Å². The van der Waals surface area contributed by atoms with Gasteiger partial charge in [-0.2, -0.15) is 5.10 Å². The molecular formula is C18H17N3O. The lowest BCUT2D eigenvalue weighted by molar-refractivity contribution is -0.116. The predicted octanol–water partition coefficient (Wildman–Crippen LogP) is 3.45. The molecule has 1 aromatic heterocycles. The maximum atomic E-state index is 12.0. The molecule has 0 bridgehead atoms. The van der Waals surface area contributed by atoms with Gasteiger partial charge in [0.15, 0.2) is 5.82 Å². The average Bonchev–Trinajstić information content (AvgIpc) is 2.83. The van der Waals surface area contributed by atoms with Crippen LogP contribution in [0.25, 0.3) is 5.57 Å². The van der Waals surface area contributed by atoms with Gasteiger partial charge in [-0.25, -0.2) is 0 Å². The first-order valence-electron chi connectivity index (χ1n) is 7.47. The van der Waals surface area contributed by atoms with E-state index in [1.54, 1.807) is 0 Å². The van der Waals surface area contributed by atoms with Crippen molar-refractivity contribution in [1.82, 2.24) is 10.2 Å². The number of hydrogen-bond donors (Lipinski definition) is 2. The van der Waals surface area contributed by atoms with Gasteiger partial charge in [0.1, 0.15) is 0 Å². The lowest BCUT2D eigenvalue weighted by Gasteiger charge is -2.24. The standard InChI is InChI=1S/C18H17N3O/c1-10-6-7-13(8-11(10)2)14-9-15(22)19-18-16(14)17(20-21-18)12-4-3-5-12/h3-8,14H,9H2,1-2H3,(H2,19,20,21,22). The molecule has 2 heterocycles. The maximum Gasteiger partial charge on any atom is 0.226 e. The highest BCUT2D eigenvalue weighted by Gasteiger charge is 2.32. The number of nitrogens with zero attached hydrogens (tertiary/aromatic N) is 1. The fourth-order valence-electron chi connectivity index (χ4n) is 3.10. The second kappa shape index (κ2) is 4.70. The summed E-state index contributed by atoms with van der Waals surface area (Å²) in [6.07, 6.45) is 6.58. The van der Waals surface area contributed by atoms with Gasteiger partial charge in [0.05, 0.1) is 5.69 Å². The zero-order chi connectivity index (χ0) is 15.3. The number of benzene rings is 1. The number of carbonyl (C=O) groups is 1. The normalized spacial score (nSPS) is 19.3. The number of rotatable bonds is 2. The smallest absolute Gasteiger partial charge is 0.226 e. The Labute approximate surface area is 128 Å². The van der Waals surface area contributed by atoms with Crippen LogP contribution >= 0.6 is 0 Å². The van der Waals surface area contributed by atoms with E-state index in [1.807, 2.05) is 6.08 Å². The van der Waals surface area contributed by atoms with Gasteiger partial charge in [-0.1, -0.05) is 36.4 Å². The average molecular weight is 291 g/mol. The van der Waals surface area contributed by atoms with Gasteiger partial charge in [-0.05, 0) is 36.1 Å². The molecule has 110 valence electrons. The third kappa shape index (κ3) is 1.91. The van der Waals surface area contributed by atoms with E-state index in [4.69, 9.17) is 0 Å². The Morgan fingerprint density at radius 2 is 2.05 bits per heavy atom. The van der Waals surface area contributed by atoms with Crippen LogP contribution in [0.15, 0.2) is 36.4 Å². The summed E-state index contributed by atoms with van der Waals surface area (Å²) in [5, 5.41) is 10.3. The molecule has 2 aliphatic rings. The molecule has 1 aromatic carbocycles. The van der Waals surface area contributed by atoms with Crippen molar-refractivity contribution in [1.29, 1.82) is 0 Å². The van der Waals surface area contributed by atoms with E-state index in [-0.39, 0.29) is 11.8 Å². The van der Waals surface area contributed by atoms with Gasteiger partial charge in [-0.15, -0.1) is 0 Å². The number of H-pyrrole nitrogens is 1. The summed E-state index contributed by atoms with van der Waals surface area (Å²) in [7, 11) is 0. The Kier molecular flexibility index (Phi) is 2.79. The minimum absolute atomic E-state index is 0.0203. The number of carbonyl (C=O) groups excluding carboxylic acids is 1. The van der Waals surface area contributed by atoms with E-state index in [0.717, 1.165) is 16.8 Å². The second-order valence-electron chi connectivity index (χ2n) is 5.99. The van der Waals surface area contributed by atoms with Gasteiger partial charge in [0.25, 0.3) is 0 Å². The first kappa shape index (κ1) is 13.1. The molecule has 0 radical (unpaired) electrons. The summed E-state index contributed by atoms with van der Waals surface area (Å²) in [6, 6.07) is 6.43. The van der Waals surface area contributed by atoms with Crippen molar-refractivity contribution < 1.29 is 4.79 Å². The molecule has 4 rings (SSSR count). The van der Waals surface area contributed by atoms with E-state index in [0.29, 0.717) is 12.2 Å². The molecule has 22 heavy (non-hydrogen) atoms. The SMILES string of the molecule is Cc1ccc(C2CC(=O)Nc3n[nH]c(C4=CC=C4)c32)cc1C. The number of nitrogens with one attached hydrogen (secondary N) is 2. The number of anilines is 1. The maximum absolute atomic E-state index is 12.0. The molecule has 1 aliphatic heterocycles. The first-order valence-corrected chi connectivity index (χ1v) is 7.47. The fourth-order valence-corrected chi connectivity index (χ4v) is 3.10. The number of aromatic nitrogens is 2. The van der Waals surface area contributed by atoms with Crippen molar-refractivity contribution in [2.45, 2.75) is 26.2 Å². The molecule has 0 saturated heterocycles. The molecule has 1 amide bonds. The van der Waals surface area contributed by atoms with Crippen molar-refractivity contribution in [3.8, 4) is 0 Å². The van der Waals surface area contributed by atoms with E-state index >= 15 is 0 Å². The zero-order valence-electron chi connectivity index (χ0n) is 12.6. The minimum atomic E-state index is 0.0203. The Hall–Kier alpha value is -2.62. The fraction of sp³-hybridized carbons (Fsp3) is 0.222. The Morgan fingerprint density at radius 3 is 2.73 bits per heavy atom. The van der Waals surface area contributed by atoms with E-state index in [2.05, 4.69) is 59.7 Å². The highest BCUT2D eigenvalue weighted by molar-refractivity contribution is 5.96. The van der Waals surface area contributed by atoms with Crippen LogP contribution in [0, 0.1) is 13.8 Å². The van der Waals surface area contributed by atoms with Gasteiger partial charge < -0.3 is 5.32 Å². The number of allylic oxidation sites excluding steroid dienone is 4. The summed E-state index contributed by atoms with van der Waals surface area (Å²) in [5.74, 6) is 0.731. The molecule has 0 spiro atoms. The summed E-state index contributed by atoms with van der Waals surface area (Å²) in [4.78, 5) is 12.0. The summed E-state index contributed by atoms with van der Waals surface area (Å²) in [5.41, 5.74) is 6.93. The van der Waals surface area contributed by atoms with Crippen LogP contribution in [0.4, 0.5) is 5.82 Å². The third-order valence-electron chi connectivity index (χ3n) is 4.57. The molecule has 4 nitrogen and oxygen atoms in total. The summed E-state index contributed by atoms with van der Waals surface area (Å²) >= 11 is 0. The van der Waals surface area contributed by atoms with Crippen LogP contribution in [0.3, 0.4) is 0 Å². The first-order chi connectivity index (χ1) is 10.6. The minimum Gasteiger partial charge on any atom is -0.309 e. The van der Waals surface area contributed by atoms with Crippen LogP contribution in [0.2, 0.25) is 0 Å². The van der Waals surface area contributed by atoms with Gasteiger partial charge in [-0.3, -0.25) is 9.89 Å². The largest absolute Gasteiger partial charge is 0.309 e.